The van der Waals surface area contributed by atoms with Gasteiger partial charge in [-0.25, -0.2) is 4.68 Å². The summed E-state index contributed by atoms with van der Waals surface area (Å²) in [6.07, 6.45) is 0.733. The molecule has 146 valence electrons. The number of aromatic amines is 1. The van der Waals surface area contributed by atoms with Crippen LogP contribution >= 0.6 is 0 Å². The van der Waals surface area contributed by atoms with Gasteiger partial charge >= 0.3 is 0 Å². The van der Waals surface area contributed by atoms with E-state index in [2.05, 4.69) is 15.3 Å². The summed E-state index contributed by atoms with van der Waals surface area (Å²) in [6, 6.07) is 12.9. The van der Waals surface area contributed by atoms with Crippen LogP contribution in [0.2, 0.25) is 0 Å². The number of rotatable bonds is 3. The molecule has 5 rings (SSSR count). The van der Waals surface area contributed by atoms with Crippen LogP contribution in [0.25, 0.3) is 21.8 Å². The van der Waals surface area contributed by atoms with Crippen molar-refractivity contribution >= 4 is 27.7 Å². The second kappa shape index (κ2) is 6.73. The molecule has 0 radical (unpaired) electrons. The molecule has 8 nitrogen and oxygen atoms in total. The zero-order valence-electron chi connectivity index (χ0n) is 15.9. The molecule has 3 heterocycles. The molecule has 0 aliphatic carbocycles. The van der Waals surface area contributed by atoms with Crippen molar-refractivity contribution in [3.05, 3.63) is 64.1 Å². The summed E-state index contributed by atoms with van der Waals surface area (Å²) < 4.78 is 6.47. The minimum absolute atomic E-state index is 0.127. The SMILES string of the molecule is COc1ccc2[nH]c3c(c2c1)CN(C(=O)Cn1nnc2ccccc2c1=O)CC3. The number of H-pyrrole nitrogens is 1. The van der Waals surface area contributed by atoms with Gasteiger partial charge in [0, 0.05) is 41.7 Å². The van der Waals surface area contributed by atoms with Crippen LogP contribution < -0.4 is 10.3 Å². The first-order chi connectivity index (χ1) is 14.1. The maximum absolute atomic E-state index is 12.9. The van der Waals surface area contributed by atoms with Gasteiger partial charge in [0.2, 0.25) is 5.91 Å². The third kappa shape index (κ3) is 2.93. The van der Waals surface area contributed by atoms with Gasteiger partial charge in [0.05, 0.1) is 12.5 Å². The largest absolute Gasteiger partial charge is 0.497 e. The van der Waals surface area contributed by atoms with E-state index in [9.17, 15) is 9.59 Å². The van der Waals surface area contributed by atoms with Gasteiger partial charge in [-0.05, 0) is 30.3 Å². The standard InChI is InChI=1S/C21H19N5O3/c1-29-13-6-7-17-15(10-13)16-11-25(9-8-18(16)22-17)20(27)12-26-21(28)14-4-2-3-5-19(14)23-24-26/h2-7,10,22H,8-9,11-12H2,1H3. The Bertz CT molecular complexity index is 1310. The average molecular weight is 389 g/mol. The normalized spacial score (nSPS) is 13.6. The zero-order chi connectivity index (χ0) is 20.0. The second-order valence-corrected chi connectivity index (χ2v) is 7.13. The molecule has 1 amide bonds. The lowest BCUT2D eigenvalue weighted by Crippen LogP contribution is -2.40. The van der Waals surface area contributed by atoms with Gasteiger partial charge in [-0.2, -0.15) is 0 Å². The Morgan fingerprint density at radius 1 is 1.21 bits per heavy atom. The Morgan fingerprint density at radius 3 is 2.93 bits per heavy atom. The molecule has 1 N–H and O–H groups in total. The number of fused-ring (bicyclic) bond motifs is 4. The zero-order valence-corrected chi connectivity index (χ0v) is 15.9. The van der Waals surface area contributed by atoms with Crippen LogP contribution in [0.4, 0.5) is 0 Å². The van der Waals surface area contributed by atoms with Crippen molar-refractivity contribution in [2.24, 2.45) is 0 Å². The predicted molar refractivity (Wildman–Crippen MR) is 108 cm³/mol. The topological polar surface area (TPSA) is 93.1 Å². The molecular formula is C21H19N5O3. The van der Waals surface area contributed by atoms with E-state index >= 15 is 0 Å². The van der Waals surface area contributed by atoms with Crippen molar-refractivity contribution in [2.75, 3.05) is 13.7 Å². The first-order valence-electron chi connectivity index (χ1n) is 9.42. The molecule has 4 aromatic rings. The summed E-state index contributed by atoms with van der Waals surface area (Å²) in [4.78, 5) is 30.7. The number of nitrogens with zero attached hydrogens (tertiary/aromatic N) is 4. The number of aromatic nitrogens is 4. The Hall–Kier alpha value is -3.68. The quantitative estimate of drug-likeness (QED) is 0.577. The van der Waals surface area contributed by atoms with Crippen LogP contribution in [-0.4, -0.2) is 44.4 Å². The van der Waals surface area contributed by atoms with E-state index < -0.39 is 0 Å². The number of methoxy groups -OCH3 is 1. The van der Waals surface area contributed by atoms with Crippen molar-refractivity contribution in [1.29, 1.82) is 0 Å². The monoisotopic (exact) mass is 389 g/mol. The van der Waals surface area contributed by atoms with Gasteiger partial charge in [0.15, 0.2) is 0 Å². The number of hydrogen-bond acceptors (Lipinski definition) is 5. The Kier molecular flexibility index (Phi) is 4.04. The summed E-state index contributed by atoms with van der Waals surface area (Å²) in [6.45, 7) is 0.945. The van der Waals surface area contributed by atoms with E-state index in [-0.39, 0.29) is 18.0 Å². The molecule has 0 saturated carbocycles. The van der Waals surface area contributed by atoms with E-state index in [0.717, 1.165) is 39.0 Å². The van der Waals surface area contributed by atoms with Crippen molar-refractivity contribution < 1.29 is 9.53 Å². The number of ether oxygens (including phenoxy) is 1. The van der Waals surface area contributed by atoms with E-state index in [1.807, 2.05) is 18.2 Å². The highest BCUT2D eigenvalue weighted by Gasteiger charge is 2.25. The molecule has 0 unspecified atom stereocenters. The molecule has 0 saturated heterocycles. The number of nitrogens with one attached hydrogen (secondary N) is 1. The predicted octanol–water partition coefficient (Wildman–Crippen LogP) is 1.87. The molecule has 0 spiro atoms. The smallest absolute Gasteiger partial charge is 0.278 e. The van der Waals surface area contributed by atoms with Gasteiger partial charge < -0.3 is 14.6 Å². The molecule has 0 fully saturated rings. The Morgan fingerprint density at radius 2 is 2.07 bits per heavy atom. The lowest BCUT2D eigenvalue weighted by Gasteiger charge is -2.27. The van der Waals surface area contributed by atoms with E-state index in [1.54, 1.807) is 36.3 Å². The summed E-state index contributed by atoms with van der Waals surface area (Å²) in [7, 11) is 1.64. The summed E-state index contributed by atoms with van der Waals surface area (Å²) in [5.41, 5.74) is 3.48. The average Bonchev–Trinajstić information content (AvgIpc) is 3.12. The Balaban J connectivity index is 1.42. The Labute approximate surface area is 165 Å². The minimum atomic E-state index is -0.307. The molecule has 1 aliphatic heterocycles. The molecule has 29 heavy (non-hydrogen) atoms. The van der Waals surface area contributed by atoms with Gasteiger partial charge in [-0.3, -0.25) is 9.59 Å². The maximum atomic E-state index is 12.9. The summed E-state index contributed by atoms with van der Waals surface area (Å²) in [5, 5.41) is 9.50. The van der Waals surface area contributed by atoms with Gasteiger partial charge in [-0.15, -0.1) is 5.10 Å². The highest BCUT2D eigenvalue weighted by atomic mass is 16.5. The van der Waals surface area contributed by atoms with Crippen LogP contribution in [0, 0.1) is 0 Å². The first-order valence-corrected chi connectivity index (χ1v) is 9.42. The molecule has 1 aliphatic rings. The number of amides is 1. The summed E-state index contributed by atoms with van der Waals surface area (Å²) >= 11 is 0. The van der Waals surface area contributed by atoms with E-state index in [1.165, 1.54) is 0 Å². The van der Waals surface area contributed by atoms with E-state index in [0.29, 0.717) is 24.0 Å². The third-order valence-corrected chi connectivity index (χ3v) is 5.45. The summed E-state index contributed by atoms with van der Waals surface area (Å²) in [5.74, 6) is 0.625. The molecule has 2 aromatic heterocycles. The molecule has 8 heteroatoms. The van der Waals surface area contributed by atoms with Crippen LogP contribution in [0.15, 0.2) is 47.3 Å². The maximum Gasteiger partial charge on any atom is 0.278 e. The van der Waals surface area contributed by atoms with Crippen molar-refractivity contribution in [3.8, 4) is 5.75 Å². The highest BCUT2D eigenvalue weighted by molar-refractivity contribution is 5.87. The number of benzene rings is 2. The van der Waals surface area contributed by atoms with Crippen LogP contribution in [0.1, 0.15) is 11.3 Å². The minimum Gasteiger partial charge on any atom is -0.497 e. The first kappa shape index (κ1) is 17.4. The van der Waals surface area contributed by atoms with E-state index in [4.69, 9.17) is 4.74 Å². The lowest BCUT2D eigenvalue weighted by atomic mass is 10.0. The van der Waals surface area contributed by atoms with Crippen molar-refractivity contribution in [1.82, 2.24) is 24.9 Å². The number of carbonyl (C=O) groups is 1. The van der Waals surface area contributed by atoms with Gasteiger partial charge in [-0.1, -0.05) is 17.3 Å². The molecule has 0 atom stereocenters. The lowest BCUT2D eigenvalue weighted by molar-refractivity contribution is -0.133. The fraction of sp³-hybridized carbons (Fsp3) is 0.238. The van der Waals surface area contributed by atoms with Crippen molar-refractivity contribution in [2.45, 2.75) is 19.5 Å². The van der Waals surface area contributed by atoms with Gasteiger partial charge in [0.1, 0.15) is 17.8 Å². The molecule has 2 aromatic carbocycles. The van der Waals surface area contributed by atoms with Crippen molar-refractivity contribution in [3.63, 3.8) is 0 Å². The fourth-order valence-electron chi connectivity index (χ4n) is 3.89. The van der Waals surface area contributed by atoms with Gasteiger partial charge in [0.25, 0.3) is 5.56 Å². The van der Waals surface area contributed by atoms with Crippen LogP contribution in [0.5, 0.6) is 5.75 Å². The second-order valence-electron chi connectivity index (χ2n) is 7.13. The highest BCUT2D eigenvalue weighted by Crippen LogP contribution is 2.30. The molecule has 0 bridgehead atoms. The van der Waals surface area contributed by atoms with Crippen LogP contribution in [-0.2, 0) is 24.3 Å². The third-order valence-electron chi connectivity index (χ3n) is 5.45. The number of hydrogen-bond donors (Lipinski definition) is 1. The number of carbonyl (C=O) groups excluding carboxylic acids is 1. The van der Waals surface area contributed by atoms with Crippen LogP contribution in [0.3, 0.4) is 0 Å². The molecular weight excluding hydrogens is 370 g/mol. The fourth-order valence-corrected chi connectivity index (χ4v) is 3.89.